The molecule has 3 nitrogen and oxygen atoms in total. The maximum atomic E-state index is 11.2. The number of pyridine rings is 1. The molecular weight excluding hydrogens is 356 g/mol. The zero-order valence-corrected chi connectivity index (χ0v) is 19.3. The molecule has 158 valence electrons. The third-order valence-electron chi connectivity index (χ3n) is 6.22. The lowest BCUT2D eigenvalue weighted by molar-refractivity contribution is 0.155. The van der Waals surface area contributed by atoms with Crippen LogP contribution in [0.3, 0.4) is 0 Å². The summed E-state index contributed by atoms with van der Waals surface area (Å²) in [5.41, 5.74) is 4.10. The van der Waals surface area contributed by atoms with Gasteiger partial charge >= 0.3 is 0 Å². The molecule has 0 saturated carbocycles. The van der Waals surface area contributed by atoms with Gasteiger partial charge in [0, 0.05) is 6.20 Å². The van der Waals surface area contributed by atoms with Crippen LogP contribution in [0, 0.1) is 5.92 Å². The second kappa shape index (κ2) is 8.10. The molecule has 29 heavy (non-hydrogen) atoms. The number of benzene rings is 1. The number of aromatic hydroxyl groups is 1. The molecule has 0 radical (unpaired) electrons. The molecule has 1 atom stereocenters. The van der Waals surface area contributed by atoms with Crippen LogP contribution in [0.2, 0.25) is 0 Å². The van der Waals surface area contributed by atoms with Gasteiger partial charge in [0.05, 0.1) is 11.7 Å². The summed E-state index contributed by atoms with van der Waals surface area (Å²) in [4.78, 5) is 7.33. The Kier molecular flexibility index (Phi) is 6.10. The highest BCUT2D eigenvalue weighted by atomic mass is 16.3. The predicted molar refractivity (Wildman–Crippen MR) is 122 cm³/mol. The summed E-state index contributed by atoms with van der Waals surface area (Å²) in [6, 6.07) is 10.8. The molecular formula is C26H38N2O. The van der Waals surface area contributed by atoms with Gasteiger partial charge in [-0.25, -0.2) is 0 Å². The van der Waals surface area contributed by atoms with Crippen LogP contribution in [0.1, 0.15) is 89.7 Å². The van der Waals surface area contributed by atoms with Gasteiger partial charge in [0.15, 0.2) is 0 Å². The normalized spacial score (nSPS) is 18.0. The first kappa shape index (κ1) is 21.8. The number of nitrogens with zero attached hydrogens (tertiary/aromatic N) is 2. The maximum absolute atomic E-state index is 11.2. The fourth-order valence-electron chi connectivity index (χ4n) is 4.35. The van der Waals surface area contributed by atoms with E-state index in [1.807, 2.05) is 12.3 Å². The molecule has 0 amide bonds. The Morgan fingerprint density at radius 3 is 1.97 bits per heavy atom. The fraction of sp³-hybridized carbons (Fsp3) is 0.577. The molecule has 1 fully saturated rings. The van der Waals surface area contributed by atoms with Crippen molar-refractivity contribution in [1.82, 2.24) is 9.88 Å². The number of hydrogen-bond acceptors (Lipinski definition) is 3. The molecule has 1 aromatic carbocycles. The van der Waals surface area contributed by atoms with Gasteiger partial charge < -0.3 is 5.11 Å². The van der Waals surface area contributed by atoms with Gasteiger partial charge in [-0.2, -0.15) is 0 Å². The molecule has 2 heterocycles. The Morgan fingerprint density at radius 2 is 1.52 bits per heavy atom. The lowest BCUT2D eigenvalue weighted by atomic mass is 9.77. The van der Waals surface area contributed by atoms with Crippen molar-refractivity contribution in [3.05, 3.63) is 58.9 Å². The number of likely N-dealkylation sites (tertiary alicyclic amines) is 1. The van der Waals surface area contributed by atoms with Crippen molar-refractivity contribution in [3.8, 4) is 5.75 Å². The summed E-state index contributed by atoms with van der Waals surface area (Å²) >= 11 is 0. The van der Waals surface area contributed by atoms with E-state index in [0.29, 0.717) is 5.75 Å². The van der Waals surface area contributed by atoms with Gasteiger partial charge in [-0.15, -0.1) is 0 Å². The zero-order valence-electron chi connectivity index (χ0n) is 19.3. The minimum absolute atomic E-state index is 0.117. The summed E-state index contributed by atoms with van der Waals surface area (Å²) < 4.78 is 0. The largest absolute Gasteiger partial charge is 0.507 e. The lowest BCUT2D eigenvalue weighted by Gasteiger charge is -2.38. The first-order valence-corrected chi connectivity index (χ1v) is 11.0. The molecule has 1 aliphatic rings. The number of rotatable bonds is 3. The van der Waals surface area contributed by atoms with E-state index in [1.54, 1.807) is 0 Å². The number of piperidine rings is 1. The predicted octanol–water partition coefficient (Wildman–Crippen LogP) is 6.20. The average molecular weight is 395 g/mol. The highest BCUT2D eigenvalue weighted by molar-refractivity contribution is 5.51. The minimum atomic E-state index is -0.134. The van der Waals surface area contributed by atoms with Gasteiger partial charge in [-0.05, 0) is 83.6 Å². The van der Waals surface area contributed by atoms with Crippen LogP contribution < -0.4 is 0 Å². The summed E-state index contributed by atoms with van der Waals surface area (Å²) in [6.07, 6.45) is 4.34. The van der Waals surface area contributed by atoms with Crippen molar-refractivity contribution in [2.45, 2.75) is 78.2 Å². The Hall–Kier alpha value is -1.87. The Morgan fingerprint density at radius 1 is 0.966 bits per heavy atom. The molecule has 1 aliphatic heterocycles. The Bertz CT molecular complexity index is 787. The molecule has 0 bridgehead atoms. The van der Waals surface area contributed by atoms with Gasteiger partial charge in [0.25, 0.3) is 0 Å². The van der Waals surface area contributed by atoms with E-state index in [2.05, 4.69) is 77.6 Å². The topological polar surface area (TPSA) is 36.4 Å². The third-order valence-corrected chi connectivity index (χ3v) is 6.22. The van der Waals surface area contributed by atoms with Crippen LogP contribution in [0.5, 0.6) is 5.75 Å². The van der Waals surface area contributed by atoms with E-state index < -0.39 is 0 Å². The fourth-order valence-corrected chi connectivity index (χ4v) is 4.35. The Labute approximate surface area is 177 Å². The minimum Gasteiger partial charge on any atom is -0.507 e. The smallest absolute Gasteiger partial charge is 0.123 e. The molecule has 1 N–H and O–H groups in total. The summed E-state index contributed by atoms with van der Waals surface area (Å²) in [5, 5.41) is 11.2. The van der Waals surface area contributed by atoms with Gasteiger partial charge in [0.2, 0.25) is 0 Å². The first-order valence-electron chi connectivity index (χ1n) is 11.0. The van der Waals surface area contributed by atoms with Crippen LogP contribution in [0.25, 0.3) is 0 Å². The van der Waals surface area contributed by atoms with E-state index in [-0.39, 0.29) is 16.9 Å². The quantitative estimate of drug-likeness (QED) is 0.673. The summed E-state index contributed by atoms with van der Waals surface area (Å²) in [5.74, 6) is 1.23. The summed E-state index contributed by atoms with van der Waals surface area (Å²) in [7, 11) is 0. The lowest BCUT2D eigenvalue weighted by Crippen LogP contribution is -2.37. The molecule has 2 aromatic rings. The first-order chi connectivity index (χ1) is 13.5. The average Bonchev–Trinajstić information content (AvgIpc) is 2.63. The molecule has 1 unspecified atom stereocenters. The van der Waals surface area contributed by atoms with E-state index in [1.165, 1.54) is 18.4 Å². The SMILES string of the molecule is CC1CCN(C(c2cc(C(C)(C)C)c(O)c(C(C)(C)C)c2)c2ccccn2)CC1. The standard InChI is InChI=1S/C26H38N2O/c1-18-11-14-28(15-12-18)23(22-10-8-9-13-27-22)19-16-20(25(2,3)4)24(29)21(17-19)26(5,6)7/h8-10,13,16-18,23,29H,11-12,14-15H2,1-7H3. The van der Waals surface area contributed by atoms with E-state index in [4.69, 9.17) is 4.98 Å². The molecule has 0 aliphatic carbocycles. The molecule has 3 heteroatoms. The van der Waals surface area contributed by atoms with Crippen molar-refractivity contribution in [3.63, 3.8) is 0 Å². The third kappa shape index (κ3) is 4.83. The van der Waals surface area contributed by atoms with Crippen molar-refractivity contribution < 1.29 is 5.11 Å². The zero-order chi connectivity index (χ0) is 21.4. The number of aromatic nitrogens is 1. The van der Waals surface area contributed by atoms with Crippen LogP contribution in [-0.4, -0.2) is 28.1 Å². The van der Waals surface area contributed by atoms with Gasteiger partial charge in [-0.1, -0.05) is 54.5 Å². The van der Waals surface area contributed by atoms with Crippen LogP contribution in [0.15, 0.2) is 36.5 Å². The number of phenols is 1. The van der Waals surface area contributed by atoms with E-state index >= 15 is 0 Å². The van der Waals surface area contributed by atoms with Gasteiger partial charge in [-0.3, -0.25) is 9.88 Å². The highest BCUT2D eigenvalue weighted by Crippen LogP contribution is 2.43. The molecule has 1 aromatic heterocycles. The van der Waals surface area contributed by atoms with E-state index in [9.17, 15) is 5.11 Å². The van der Waals surface area contributed by atoms with Crippen LogP contribution in [-0.2, 0) is 10.8 Å². The van der Waals surface area contributed by atoms with E-state index in [0.717, 1.165) is 35.8 Å². The second-order valence-electron chi connectivity index (χ2n) is 10.8. The monoisotopic (exact) mass is 394 g/mol. The molecule has 0 spiro atoms. The molecule has 1 saturated heterocycles. The van der Waals surface area contributed by atoms with Crippen LogP contribution >= 0.6 is 0 Å². The van der Waals surface area contributed by atoms with Crippen LogP contribution in [0.4, 0.5) is 0 Å². The Balaban J connectivity index is 2.19. The maximum Gasteiger partial charge on any atom is 0.123 e. The second-order valence-corrected chi connectivity index (χ2v) is 10.8. The van der Waals surface area contributed by atoms with Gasteiger partial charge in [0.1, 0.15) is 5.75 Å². The van der Waals surface area contributed by atoms with Crippen molar-refractivity contribution >= 4 is 0 Å². The highest BCUT2D eigenvalue weighted by Gasteiger charge is 2.32. The summed E-state index contributed by atoms with van der Waals surface area (Å²) in [6.45, 7) is 17.6. The van der Waals surface area contributed by atoms with Crippen molar-refractivity contribution in [2.75, 3.05) is 13.1 Å². The van der Waals surface area contributed by atoms with Crippen molar-refractivity contribution in [2.24, 2.45) is 5.92 Å². The number of hydrogen-bond donors (Lipinski definition) is 1. The molecule has 3 rings (SSSR count). The number of phenolic OH excluding ortho intramolecular Hbond substituents is 1. The van der Waals surface area contributed by atoms with Crippen molar-refractivity contribution in [1.29, 1.82) is 0 Å².